The van der Waals surface area contributed by atoms with Crippen LogP contribution in [-0.2, 0) is 17.6 Å². The van der Waals surface area contributed by atoms with Crippen molar-refractivity contribution in [2.45, 2.75) is 26.2 Å². The highest BCUT2D eigenvalue weighted by Gasteiger charge is 2.10. The summed E-state index contributed by atoms with van der Waals surface area (Å²) in [6, 6.07) is 12.5. The van der Waals surface area contributed by atoms with Gasteiger partial charge in [-0.15, -0.1) is 0 Å². The first-order valence-electron chi connectivity index (χ1n) is 6.60. The van der Waals surface area contributed by atoms with Crippen LogP contribution in [0, 0.1) is 0 Å². The van der Waals surface area contributed by atoms with Gasteiger partial charge >= 0.3 is 0 Å². The van der Waals surface area contributed by atoms with Gasteiger partial charge in [-0.3, -0.25) is 4.79 Å². The third-order valence-corrected chi connectivity index (χ3v) is 3.39. The van der Waals surface area contributed by atoms with Crippen LogP contribution in [0.4, 0.5) is 0 Å². The summed E-state index contributed by atoms with van der Waals surface area (Å²) in [5.41, 5.74) is 8.21. The Morgan fingerprint density at radius 1 is 1.21 bits per heavy atom. The monoisotopic (exact) mass is 253 g/mol. The first-order chi connectivity index (χ1) is 9.13. The summed E-state index contributed by atoms with van der Waals surface area (Å²) in [5, 5.41) is 2.50. The Balaban J connectivity index is 2.51. The van der Waals surface area contributed by atoms with Crippen LogP contribution >= 0.6 is 0 Å². The van der Waals surface area contributed by atoms with Gasteiger partial charge in [0.1, 0.15) is 0 Å². The van der Waals surface area contributed by atoms with Crippen molar-refractivity contribution >= 4 is 16.7 Å². The Hall–Kier alpha value is -2.09. The molecule has 0 bridgehead atoms. The molecule has 0 saturated carbocycles. The molecule has 0 aromatic heterocycles. The number of nitrogens with two attached hydrogens (primary N) is 1. The molecule has 0 fully saturated rings. The van der Waals surface area contributed by atoms with Crippen LogP contribution in [0.25, 0.3) is 10.8 Å². The van der Waals surface area contributed by atoms with Crippen molar-refractivity contribution in [2.75, 3.05) is 0 Å². The fourth-order valence-electron chi connectivity index (χ4n) is 2.41. The Labute approximate surface area is 113 Å². The highest BCUT2D eigenvalue weighted by atomic mass is 16.1. The fraction of sp³-hybridized carbons (Fsp3) is 0.235. The molecule has 0 aliphatic rings. The lowest BCUT2D eigenvalue weighted by atomic mass is 9.92. The van der Waals surface area contributed by atoms with Gasteiger partial charge in [-0.1, -0.05) is 56.3 Å². The molecule has 1 amide bonds. The molecule has 0 aliphatic carbocycles. The Morgan fingerprint density at radius 2 is 1.95 bits per heavy atom. The third kappa shape index (κ3) is 2.84. The minimum Gasteiger partial charge on any atom is -0.366 e. The number of aryl methyl sites for hydroxylation is 1. The molecule has 2 aromatic rings. The zero-order valence-corrected chi connectivity index (χ0v) is 11.3. The topological polar surface area (TPSA) is 43.1 Å². The molecule has 2 aromatic carbocycles. The van der Waals surface area contributed by atoms with Crippen LogP contribution in [0.5, 0.6) is 0 Å². The molecular formula is C17H19NO. The van der Waals surface area contributed by atoms with E-state index < -0.39 is 5.91 Å². The normalized spacial score (nSPS) is 10.6. The van der Waals surface area contributed by atoms with Crippen molar-refractivity contribution in [2.24, 2.45) is 5.73 Å². The van der Waals surface area contributed by atoms with Crippen molar-refractivity contribution in [1.29, 1.82) is 0 Å². The van der Waals surface area contributed by atoms with Crippen molar-refractivity contribution in [3.05, 3.63) is 59.7 Å². The van der Waals surface area contributed by atoms with E-state index in [1.165, 1.54) is 16.3 Å². The van der Waals surface area contributed by atoms with Crippen molar-refractivity contribution in [3.63, 3.8) is 0 Å². The average Bonchev–Trinajstić information content (AvgIpc) is 2.41. The lowest BCUT2D eigenvalue weighted by Gasteiger charge is -2.13. The lowest BCUT2D eigenvalue weighted by molar-refractivity contribution is -0.114. The van der Waals surface area contributed by atoms with Gasteiger partial charge in [0.15, 0.2) is 0 Å². The van der Waals surface area contributed by atoms with Gasteiger partial charge in [0.25, 0.3) is 0 Å². The predicted molar refractivity (Wildman–Crippen MR) is 80.0 cm³/mol. The quantitative estimate of drug-likeness (QED) is 0.816. The van der Waals surface area contributed by atoms with Gasteiger partial charge in [-0.05, 0) is 28.3 Å². The number of amides is 1. The van der Waals surface area contributed by atoms with Crippen LogP contribution in [0.2, 0.25) is 0 Å². The smallest absolute Gasteiger partial charge is 0.244 e. The van der Waals surface area contributed by atoms with Crippen molar-refractivity contribution in [1.82, 2.24) is 0 Å². The van der Waals surface area contributed by atoms with Crippen molar-refractivity contribution < 1.29 is 4.79 Å². The van der Waals surface area contributed by atoms with Gasteiger partial charge in [0.05, 0.1) is 0 Å². The Kier molecular flexibility index (Phi) is 4.00. The summed E-state index contributed by atoms with van der Waals surface area (Å²) in [4.78, 5) is 11.2. The maximum absolute atomic E-state index is 11.2. The predicted octanol–water partition coefficient (Wildman–Crippen LogP) is 3.38. The molecule has 2 heteroatoms. The highest BCUT2D eigenvalue weighted by molar-refractivity contribution is 5.92. The number of hydrogen-bond acceptors (Lipinski definition) is 1. The van der Waals surface area contributed by atoms with Gasteiger partial charge in [0.2, 0.25) is 5.91 Å². The van der Waals surface area contributed by atoms with Gasteiger partial charge in [-0.25, -0.2) is 0 Å². The Morgan fingerprint density at radius 3 is 2.63 bits per heavy atom. The number of carbonyl (C=O) groups is 1. The molecule has 0 spiro atoms. The zero-order chi connectivity index (χ0) is 13.8. The summed E-state index contributed by atoms with van der Waals surface area (Å²) in [5.74, 6) is -0.421. The third-order valence-electron chi connectivity index (χ3n) is 3.39. The average molecular weight is 253 g/mol. The van der Waals surface area contributed by atoms with Crippen LogP contribution in [-0.4, -0.2) is 5.91 Å². The fourth-order valence-corrected chi connectivity index (χ4v) is 2.41. The second-order valence-electron chi connectivity index (χ2n) is 4.82. The van der Waals surface area contributed by atoms with E-state index in [2.05, 4.69) is 37.8 Å². The molecule has 0 radical (unpaired) electrons. The largest absolute Gasteiger partial charge is 0.366 e. The summed E-state index contributed by atoms with van der Waals surface area (Å²) in [6.45, 7) is 5.92. The second kappa shape index (κ2) is 5.70. The molecular weight excluding hydrogens is 234 g/mol. The molecule has 0 unspecified atom stereocenters. The van der Waals surface area contributed by atoms with Gasteiger partial charge in [-0.2, -0.15) is 0 Å². The number of hydrogen-bond donors (Lipinski definition) is 1. The van der Waals surface area contributed by atoms with Crippen molar-refractivity contribution in [3.8, 4) is 0 Å². The highest BCUT2D eigenvalue weighted by Crippen LogP contribution is 2.25. The van der Waals surface area contributed by atoms with Crippen LogP contribution in [0.3, 0.4) is 0 Å². The number of benzene rings is 2. The maximum Gasteiger partial charge on any atom is 0.244 e. The number of fused-ring (bicyclic) bond motifs is 1. The Bertz CT molecular complexity index is 628. The van der Waals surface area contributed by atoms with Crippen LogP contribution < -0.4 is 5.73 Å². The summed E-state index contributed by atoms with van der Waals surface area (Å²) in [7, 11) is 0. The molecule has 98 valence electrons. The van der Waals surface area contributed by atoms with E-state index in [1.54, 1.807) is 0 Å². The molecule has 0 saturated heterocycles. The molecule has 2 nitrogen and oxygen atoms in total. The number of primary amides is 1. The van der Waals surface area contributed by atoms with Gasteiger partial charge < -0.3 is 5.73 Å². The van der Waals surface area contributed by atoms with Gasteiger partial charge in [0, 0.05) is 12.0 Å². The van der Waals surface area contributed by atoms with E-state index in [0.717, 1.165) is 18.4 Å². The van der Waals surface area contributed by atoms with E-state index in [1.807, 2.05) is 12.1 Å². The van der Waals surface area contributed by atoms with E-state index in [0.29, 0.717) is 12.0 Å². The molecule has 19 heavy (non-hydrogen) atoms. The molecule has 0 atom stereocenters. The standard InChI is InChI=1S/C17H19NO/c1-3-6-15-14(11-12(2)17(18)19)10-9-13-7-4-5-8-16(13)15/h4-5,7-10H,2-3,6,11H2,1H3,(H2,18,19). The van der Waals surface area contributed by atoms with E-state index in [-0.39, 0.29) is 0 Å². The summed E-state index contributed by atoms with van der Waals surface area (Å²) >= 11 is 0. The molecule has 2 N–H and O–H groups in total. The van der Waals surface area contributed by atoms with E-state index >= 15 is 0 Å². The molecule has 0 aliphatic heterocycles. The number of rotatable bonds is 5. The lowest BCUT2D eigenvalue weighted by Crippen LogP contribution is -2.15. The summed E-state index contributed by atoms with van der Waals surface area (Å²) in [6.07, 6.45) is 2.61. The second-order valence-corrected chi connectivity index (χ2v) is 4.82. The van der Waals surface area contributed by atoms with E-state index in [4.69, 9.17) is 5.73 Å². The minimum atomic E-state index is -0.421. The van der Waals surface area contributed by atoms with Crippen LogP contribution in [0.15, 0.2) is 48.6 Å². The first-order valence-corrected chi connectivity index (χ1v) is 6.60. The minimum absolute atomic E-state index is 0.421. The maximum atomic E-state index is 11.2. The summed E-state index contributed by atoms with van der Waals surface area (Å²) < 4.78 is 0. The number of carbonyl (C=O) groups excluding carboxylic acids is 1. The SMILES string of the molecule is C=C(Cc1ccc2ccccc2c1CCC)C(N)=O. The first kappa shape index (κ1) is 13.3. The zero-order valence-electron chi connectivity index (χ0n) is 11.3. The van der Waals surface area contributed by atoms with E-state index in [9.17, 15) is 4.79 Å². The molecule has 2 rings (SSSR count). The molecule has 0 heterocycles. The van der Waals surface area contributed by atoms with Crippen LogP contribution in [0.1, 0.15) is 24.5 Å².